The number of amides is 1. The normalized spacial score (nSPS) is 17.2. The SMILES string of the molecule is COc1ccc2c(c1)OCC(C(=O)NCCCCN1CCN(c3ccc4c(c3)OCCO4)CC1)=C2. The lowest BCUT2D eigenvalue weighted by Gasteiger charge is -2.36. The predicted molar refractivity (Wildman–Crippen MR) is 135 cm³/mol. The summed E-state index contributed by atoms with van der Waals surface area (Å²) in [6.07, 6.45) is 3.91. The van der Waals surface area contributed by atoms with E-state index < -0.39 is 0 Å². The van der Waals surface area contributed by atoms with Crippen LogP contribution in [-0.4, -0.2) is 77.0 Å². The molecule has 0 spiro atoms. The van der Waals surface area contributed by atoms with E-state index in [-0.39, 0.29) is 12.5 Å². The van der Waals surface area contributed by atoms with E-state index in [0.717, 1.165) is 74.1 Å². The van der Waals surface area contributed by atoms with Crippen LogP contribution in [0.4, 0.5) is 5.69 Å². The summed E-state index contributed by atoms with van der Waals surface area (Å²) in [6.45, 7) is 7.29. The first-order valence-corrected chi connectivity index (χ1v) is 12.4. The topological polar surface area (TPSA) is 72.5 Å². The van der Waals surface area contributed by atoms with Crippen molar-refractivity contribution in [3.05, 3.63) is 47.5 Å². The van der Waals surface area contributed by atoms with E-state index in [4.69, 9.17) is 18.9 Å². The second kappa shape index (κ2) is 10.9. The van der Waals surface area contributed by atoms with Crippen molar-refractivity contribution in [2.75, 3.05) is 71.1 Å². The molecule has 0 atom stereocenters. The van der Waals surface area contributed by atoms with Gasteiger partial charge in [0.1, 0.15) is 31.3 Å². The zero-order valence-corrected chi connectivity index (χ0v) is 20.3. The zero-order valence-electron chi connectivity index (χ0n) is 20.3. The largest absolute Gasteiger partial charge is 0.497 e. The first-order valence-electron chi connectivity index (χ1n) is 12.4. The third-order valence-corrected chi connectivity index (χ3v) is 6.68. The van der Waals surface area contributed by atoms with Gasteiger partial charge in [0.05, 0.1) is 12.7 Å². The van der Waals surface area contributed by atoms with Crippen LogP contribution in [-0.2, 0) is 4.79 Å². The Hall–Kier alpha value is -3.39. The molecule has 0 aromatic heterocycles. The van der Waals surface area contributed by atoms with Gasteiger partial charge in [0.15, 0.2) is 11.5 Å². The van der Waals surface area contributed by atoms with E-state index in [1.807, 2.05) is 30.3 Å². The van der Waals surface area contributed by atoms with Crippen LogP contribution in [0, 0.1) is 0 Å². The number of ether oxygens (including phenoxy) is 4. The Labute approximate surface area is 206 Å². The molecule has 35 heavy (non-hydrogen) atoms. The number of carbonyl (C=O) groups excluding carboxylic acids is 1. The number of methoxy groups -OCH3 is 1. The quantitative estimate of drug-likeness (QED) is 0.584. The molecule has 1 N–H and O–H groups in total. The lowest BCUT2D eigenvalue weighted by molar-refractivity contribution is -0.117. The molecular weight excluding hydrogens is 446 g/mol. The minimum Gasteiger partial charge on any atom is -0.497 e. The number of anilines is 1. The van der Waals surface area contributed by atoms with Crippen molar-refractivity contribution in [3.8, 4) is 23.0 Å². The molecule has 2 aromatic rings. The Balaban J connectivity index is 1.00. The highest BCUT2D eigenvalue weighted by Gasteiger charge is 2.20. The Morgan fingerprint density at radius 1 is 0.943 bits per heavy atom. The number of nitrogens with one attached hydrogen (secondary N) is 1. The fourth-order valence-electron chi connectivity index (χ4n) is 4.64. The van der Waals surface area contributed by atoms with Crippen LogP contribution in [0.3, 0.4) is 0 Å². The number of piperazine rings is 1. The van der Waals surface area contributed by atoms with Gasteiger partial charge in [-0.25, -0.2) is 0 Å². The standard InChI is InChI=1S/C27H33N3O5/c1-32-23-6-4-20-16-21(19-35-25(20)18-23)27(31)28-8-2-3-9-29-10-12-30(13-11-29)22-5-7-24-26(17-22)34-15-14-33-24/h4-7,16-18H,2-3,8-15,19H2,1H3,(H,28,31). The van der Waals surface area contributed by atoms with Gasteiger partial charge in [-0.05, 0) is 49.7 Å². The minimum absolute atomic E-state index is 0.0560. The molecule has 2 aromatic carbocycles. The summed E-state index contributed by atoms with van der Waals surface area (Å²) >= 11 is 0. The summed E-state index contributed by atoms with van der Waals surface area (Å²) in [4.78, 5) is 17.4. The molecule has 0 saturated carbocycles. The highest BCUT2D eigenvalue weighted by atomic mass is 16.6. The van der Waals surface area contributed by atoms with E-state index in [1.165, 1.54) is 5.69 Å². The highest BCUT2D eigenvalue weighted by Crippen LogP contribution is 2.34. The lowest BCUT2D eigenvalue weighted by atomic mass is 10.1. The van der Waals surface area contributed by atoms with Gasteiger partial charge < -0.3 is 29.2 Å². The predicted octanol–water partition coefficient (Wildman–Crippen LogP) is 2.96. The molecule has 1 amide bonds. The third kappa shape index (κ3) is 5.65. The van der Waals surface area contributed by atoms with Crippen molar-refractivity contribution in [2.45, 2.75) is 12.8 Å². The maximum absolute atomic E-state index is 12.5. The van der Waals surface area contributed by atoms with Crippen LogP contribution in [0.25, 0.3) is 6.08 Å². The molecule has 3 heterocycles. The van der Waals surface area contributed by atoms with Crippen LogP contribution in [0.5, 0.6) is 23.0 Å². The second-order valence-corrected chi connectivity index (χ2v) is 8.98. The fourth-order valence-corrected chi connectivity index (χ4v) is 4.64. The maximum Gasteiger partial charge on any atom is 0.250 e. The van der Waals surface area contributed by atoms with Gasteiger partial charge in [-0.1, -0.05) is 0 Å². The molecule has 0 bridgehead atoms. The van der Waals surface area contributed by atoms with Gasteiger partial charge in [0, 0.05) is 56.1 Å². The van der Waals surface area contributed by atoms with E-state index in [0.29, 0.717) is 25.3 Å². The van der Waals surface area contributed by atoms with Crippen LogP contribution >= 0.6 is 0 Å². The van der Waals surface area contributed by atoms with Crippen molar-refractivity contribution >= 4 is 17.7 Å². The molecule has 3 aliphatic heterocycles. The molecule has 0 unspecified atom stereocenters. The molecule has 0 aliphatic carbocycles. The number of nitrogens with zero attached hydrogens (tertiary/aromatic N) is 2. The van der Waals surface area contributed by atoms with Crippen molar-refractivity contribution < 1.29 is 23.7 Å². The molecule has 8 heteroatoms. The molecule has 1 fully saturated rings. The third-order valence-electron chi connectivity index (χ3n) is 6.68. The number of unbranched alkanes of at least 4 members (excludes halogenated alkanes) is 1. The summed E-state index contributed by atoms with van der Waals surface area (Å²) in [5.74, 6) is 3.12. The smallest absolute Gasteiger partial charge is 0.250 e. The minimum atomic E-state index is -0.0560. The molecule has 1 saturated heterocycles. The van der Waals surface area contributed by atoms with E-state index in [9.17, 15) is 4.79 Å². The van der Waals surface area contributed by atoms with Gasteiger partial charge in [0.25, 0.3) is 5.91 Å². The first kappa shape index (κ1) is 23.4. The average molecular weight is 480 g/mol. The van der Waals surface area contributed by atoms with E-state index >= 15 is 0 Å². The Kier molecular flexibility index (Phi) is 7.28. The highest BCUT2D eigenvalue weighted by molar-refractivity contribution is 5.99. The summed E-state index contributed by atoms with van der Waals surface area (Å²) in [5.41, 5.74) is 2.75. The number of hydrogen-bond acceptors (Lipinski definition) is 7. The zero-order chi connectivity index (χ0) is 24.0. The monoisotopic (exact) mass is 479 g/mol. The molecule has 8 nitrogen and oxygen atoms in total. The molecule has 186 valence electrons. The molecular formula is C27H33N3O5. The van der Waals surface area contributed by atoms with E-state index in [2.05, 4.69) is 27.2 Å². The van der Waals surface area contributed by atoms with Crippen molar-refractivity contribution in [1.29, 1.82) is 0 Å². The Bertz CT molecular complexity index is 1080. The summed E-state index contributed by atoms with van der Waals surface area (Å²) < 4.78 is 22.3. The Morgan fingerprint density at radius 2 is 1.77 bits per heavy atom. The van der Waals surface area contributed by atoms with Gasteiger partial charge in [-0.15, -0.1) is 0 Å². The summed E-state index contributed by atoms with van der Waals surface area (Å²) in [5, 5.41) is 3.04. The van der Waals surface area contributed by atoms with Gasteiger partial charge in [-0.3, -0.25) is 9.69 Å². The van der Waals surface area contributed by atoms with Crippen molar-refractivity contribution in [2.24, 2.45) is 0 Å². The number of benzene rings is 2. The van der Waals surface area contributed by atoms with Crippen LogP contribution in [0.1, 0.15) is 18.4 Å². The van der Waals surface area contributed by atoms with Gasteiger partial charge in [0.2, 0.25) is 0 Å². The van der Waals surface area contributed by atoms with Crippen molar-refractivity contribution in [3.63, 3.8) is 0 Å². The van der Waals surface area contributed by atoms with Crippen LogP contribution in [0.15, 0.2) is 42.0 Å². The first-order chi connectivity index (χ1) is 17.2. The summed E-state index contributed by atoms with van der Waals surface area (Å²) in [7, 11) is 1.63. The second-order valence-electron chi connectivity index (χ2n) is 8.98. The fraction of sp³-hybridized carbons (Fsp3) is 0.444. The number of fused-ring (bicyclic) bond motifs is 2. The van der Waals surface area contributed by atoms with Crippen LogP contribution in [0.2, 0.25) is 0 Å². The number of hydrogen-bond donors (Lipinski definition) is 1. The number of carbonyl (C=O) groups is 1. The molecule has 0 radical (unpaired) electrons. The molecule has 3 aliphatic rings. The average Bonchev–Trinajstić information content (AvgIpc) is 2.92. The summed E-state index contributed by atoms with van der Waals surface area (Å²) in [6, 6.07) is 11.8. The number of rotatable bonds is 8. The van der Waals surface area contributed by atoms with Gasteiger partial charge >= 0.3 is 0 Å². The Morgan fingerprint density at radius 3 is 2.60 bits per heavy atom. The van der Waals surface area contributed by atoms with Crippen molar-refractivity contribution in [1.82, 2.24) is 10.2 Å². The van der Waals surface area contributed by atoms with E-state index in [1.54, 1.807) is 7.11 Å². The maximum atomic E-state index is 12.5. The lowest BCUT2D eigenvalue weighted by Crippen LogP contribution is -2.46. The molecule has 5 rings (SSSR count). The van der Waals surface area contributed by atoms with Crippen LogP contribution < -0.4 is 29.2 Å². The van der Waals surface area contributed by atoms with Gasteiger partial charge in [-0.2, -0.15) is 0 Å².